The topological polar surface area (TPSA) is 54.0 Å². The first-order chi connectivity index (χ1) is 8.83. The summed E-state index contributed by atoms with van der Waals surface area (Å²) in [5, 5.41) is 6.05. The van der Waals surface area contributed by atoms with E-state index in [1.54, 1.807) is 18.0 Å². The van der Waals surface area contributed by atoms with E-state index in [4.69, 9.17) is 0 Å². The van der Waals surface area contributed by atoms with Crippen molar-refractivity contribution >= 4 is 17.7 Å². The normalized spacial score (nSPS) is 10.3. The summed E-state index contributed by atoms with van der Waals surface area (Å²) >= 11 is 1.74. The summed E-state index contributed by atoms with van der Waals surface area (Å²) in [5.74, 6) is 1.83. The Morgan fingerprint density at radius 3 is 3.00 bits per heavy atom. The molecular weight excluding hydrogens is 246 g/mol. The fourth-order valence-electron chi connectivity index (χ4n) is 1.38. The number of thioether (sulfide) groups is 1. The van der Waals surface area contributed by atoms with Crippen LogP contribution in [-0.2, 0) is 10.5 Å². The van der Waals surface area contributed by atoms with E-state index in [0.717, 1.165) is 30.3 Å². The second-order valence-corrected chi connectivity index (χ2v) is 4.93. The molecule has 5 heteroatoms. The van der Waals surface area contributed by atoms with Crippen LogP contribution in [0.5, 0.6) is 0 Å². The van der Waals surface area contributed by atoms with E-state index in [-0.39, 0.29) is 5.91 Å². The van der Waals surface area contributed by atoms with Gasteiger partial charge in [0, 0.05) is 37.2 Å². The Kier molecular flexibility index (Phi) is 8.25. The molecule has 18 heavy (non-hydrogen) atoms. The Labute approximate surface area is 113 Å². The van der Waals surface area contributed by atoms with Crippen LogP contribution in [0.2, 0.25) is 0 Å². The van der Waals surface area contributed by atoms with Gasteiger partial charge in [0.25, 0.3) is 0 Å². The minimum absolute atomic E-state index is 0.126. The number of hydrogen-bond donors (Lipinski definition) is 2. The molecule has 1 aromatic rings. The van der Waals surface area contributed by atoms with Crippen LogP contribution in [0, 0.1) is 0 Å². The zero-order valence-electron chi connectivity index (χ0n) is 10.8. The van der Waals surface area contributed by atoms with Gasteiger partial charge in [-0.15, -0.1) is 0 Å². The molecule has 1 aromatic heterocycles. The Morgan fingerprint density at radius 1 is 1.39 bits per heavy atom. The van der Waals surface area contributed by atoms with Crippen LogP contribution in [0.4, 0.5) is 0 Å². The second-order valence-electron chi connectivity index (χ2n) is 3.83. The number of carbonyl (C=O) groups is 1. The number of aromatic nitrogens is 1. The maximum atomic E-state index is 11.4. The van der Waals surface area contributed by atoms with E-state index in [9.17, 15) is 4.79 Å². The van der Waals surface area contributed by atoms with Crippen molar-refractivity contribution < 1.29 is 4.79 Å². The number of carbonyl (C=O) groups excluding carboxylic acids is 1. The molecule has 4 nitrogen and oxygen atoms in total. The number of nitrogens with zero attached hydrogens (tertiary/aromatic N) is 1. The first-order valence-corrected chi connectivity index (χ1v) is 7.43. The largest absolute Gasteiger partial charge is 0.355 e. The van der Waals surface area contributed by atoms with E-state index in [1.807, 2.05) is 18.2 Å². The predicted octanol–water partition coefficient (Wildman–Crippen LogP) is 1.43. The van der Waals surface area contributed by atoms with Gasteiger partial charge in [-0.05, 0) is 18.7 Å². The average Bonchev–Trinajstić information content (AvgIpc) is 2.41. The van der Waals surface area contributed by atoms with E-state index in [0.29, 0.717) is 13.0 Å². The lowest BCUT2D eigenvalue weighted by Crippen LogP contribution is -2.31. The average molecular weight is 267 g/mol. The highest BCUT2D eigenvalue weighted by Gasteiger charge is 2.00. The lowest BCUT2D eigenvalue weighted by atomic mass is 10.4. The third kappa shape index (κ3) is 7.29. The van der Waals surface area contributed by atoms with Gasteiger partial charge < -0.3 is 10.6 Å². The zero-order chi connectivity index (χ0) is 13.1. The molecule has 2 N–H and O–H groups in total. The standard InChI is InChI=1S/C13H21N3OS/c1-2-14-8-9-16-13(17)6-10-18-11-12-5-3-4-7-15-12/h3-5,7,14H,2,6,8-11H2,1H3,(H,16,17). The van der Waals surface area contributed by atoms with Gasteiger partial charge in [-0.25, -0.2) is 0 Å². The first kappa shape index (κ1) is 15.0. The van der Waals surface area contributed by atoms with Gasteiger partial charge in [0.05, 0.1) is 5.69 Å². The molecule has 1 heterocycles. The minimum Gasteiger partial charge on any atom is -0.355 e. The van der Waals surface area contributed by atoms with Crippen molar-refractivity contribution in [2.75, 3.05) is 25.4 Å². The molecule has 0 aliphatic rings. The molecule has 0 aliphatic heterocycles. The number of hydrogen-bond acceptors (Lipinski definition) is 4. The molecule has 0 aromatic carbocycles. The number of amides is 1. The molecule has 0 fully saturated rings. The summed E-state index contributed by atoms with van der Waals surface area (Å²) in [6, 6.07) is 5.89. The van der Waals surface area contributed by atoms with Crippen molar-refractivity contribution in [3.05, 3.63) is 30.1 Å². The van der Waals surface area contributed by atoms with Gasteiger partial charge in [0.15, 0.2) is 0 Å². The van der Waals surface area contributed by atoms with Crippen LogP contribution in [-0.4, -0.2) is 36.3 Å². The molecule has 0 spiro atoms. The fourth-order valence-corrected chi connectivity index (χ4v) is 2.23. The van der Waals surface area contributed by atoms with Gasteiger partial charge in [0.1, 0.15) is 0 Å². The highest BCUT2D eigenvalue weighted by atomic mass is 32.2. The molecule has 0 radical (unpaired) electrons. The van der Waals surface area contributed by atoms with Crippen LogP contribution < -0.4 is 10.6 Å². The zero-order valence-corrected chi connectivity index (χ0v) is 11.6. The van der Waals surface area contributed by atoms with Crippen molar-refractivity contribution in [2.45, 2.75) is 19.1 Å². The molecule has 100 valence electrons. The Balaban J connectivity index is 1.99. The predicted molar refractivity (Wildman–Crippen MR) is 76.6 cm³/mol. The number of likely N-dealkylation sites (N-methyl/N-ethyl adjacent to an activating group) is 1. The van der Waals surface area contributed by atoms with Gasteiger partial charge in [-0.2, -0.15) is 11.8 Å². The summed E-state index contributed by atoms with van der Waals surface area (Å²) in [4.78, 5) is 15.7. The van der Waals surface area contributed by atoms with Gasteiger partial charge in [0.2, 0.25) is 5.91 Å². The van der Waals surface area contributed by atoms with Crippen LogP contribution >= 0.6 is 11.8 Å². The summed E-state index contributed by atoms with van der Waals surface area (Å²) in [6.45, 7) is 4.53. The highest BCUT2D eigenvalue weighted by molar-refractivity contribution is 7.98. The third-order valence-corrected chi connectivity index (χ3v) is 3.32. The van der Waals surface area contributed by atoms with Crippen LogP contribution in [0.25, 0.3) is 0 Å². The minimum atomic E-state index is 0.126. The quantitative estimate of drug-likeness (QED) is 0.665. The molecule has 1 amide bonds. The van der Waals surface area contributed by atoms with Gasteiger partial charge >= 0.3 is 0 Å². The number of nitrogens with one attached hydrogen (secondary N) is 2. The van der Waals surface area contributed by atoms with E-state index in [2.05, 4.69) is 22.5 Å². The molecule has 0 unspecified atom stereocenters. The fraction of sp³-hybridized carbons (Fsp3) is 0.538. The molecule has 1 rings (SSSR count). The van der Waals surface area contributed by atoms with Gasteiger partial charge in [-0.3, -0.25) is 9.78 Å². The molecule has 0 saturated carbocycles. The van der Waals surface area contributed by atoms with E-state index >= 15 is 0 Å². The molecule has 0 atom stereocenters. The number of rotatable bonds is 9. The van der Waals surface area contributed by atoms with Crippen LogP contribution in [0.1, 0.15) is 19.0 Å². The van der Waals surface area contributed by atoms with Crippen molar-refractivity contribution in [3.63, 3.8) is 0 Å². The first-order valence-electron chi connectivity index (χ1n) is 6.28. The van der Waals surface area contributed by atoms with Crippen molar-refractivity contribution in [3.8, 4) is 0 Å². The lowest BCUT2D eigenvalue weighted by Gasteiger charge is -2.05. The summed E-state index contributed by atoms with van der Waals surface area (Å²) in [6.07, 6.45) is 2.37. The highest BCUT2D eigenvalue weighted by Crippen LogP contribution is 2.10. The Bertz CT molecular complexity index is 332. The van der Waals surface area contributed by atoms with Crippen molar-refractivity contribution in [1.29, 1.82) is 0 Å². The van der Waals surface area contributed by atoms with Crippen molar-refractivity contribution in [2.24, 2.45) is 0 Å². The third-order valence-electron chi connectivity index (χ3n) is 2.32. The summed E-state index contributed by atoms with van der Waals surface area (Å²) in [5.41, 5.74) is 1.06. The van der Waals surface area contributed by atoms with E-state index in [1.165, 1.54) is 0 Å². The van der Waals surface area contributed by atoms with Crippen molar-refractivity contribution in [1.82, 2.24) is 15.6 Å². The molecular formula is C13H21N3OS. The Morgan fingerprint density at radius 2 is 2.28 bits per heavy atom. The monoisotopic (exact) mass is 267 g/mol. The maximum Gasteiger partial charge on any atom is 0.220 e. The molecule has 0 saturated heterocycles. The van der Waals surface area contributed by atoms with Crippen LogP contribution in [0.3, 0.4) is 0 Å². The molecule has 0 aliphatic carbocycles. The second kappa shape index (κ2) is 9.91. The van der Waals surface area contributed by atoms with Gasteiger partial charge in [-0.1, -0.05) is 13.0 Å². The SMILES string of the molecule is CCNCCNC(=O)CCSCc1ccccn1. The molecule has 0 bridgehead atoms. The van der Waals surface area contributed by atoms with E-state index < -0.39 is 0 Å². The lowest BCUT2D eigenvalue weighted by molar-refractivity contribution is -0.120. The summed E-state index contributed by atoms with van der Waals surface area (Å²) < 4.78 is 0. The smallest absolute Gasteiger partial charge is 0.220 e. The number of pyridine rings is 1. The summed E-state index contributed by atoms with van der Waals surface area (Å²) in [7, 11) is 0. The Hall–Kier alpha value is -1.07. The van der Waals surface area contributed by atoms with Crippen LogP contribution in [0.15, 0.2) is 24.4 Å². The maximum absolute atomic E-state index is 11.4.